The predicted molar refractivity (Wildman–Crippen MR) is 333 cm³/mol. The Balaban J connectivity index is 0.00000111. The van der Waals surface area contributed by atoms with Gasteiger partial charge in [-0.2, -0.15) is 5.10 Å². The number of carbonyl (C=O) groups excluding carboxylic acids is 5. The summed E-state index contributed by atoms with van der Waals surface area (Å²) in [5, 5.41) is 20.3. The molecule has 4 atom stereocenters. The number of H-pyrrole nitrogens is 1. The number of nitrogens with one attached hydrogen (secondary N) is 3. The van der Waals surface area contributed by atoms with Gasteiger partial charge in [0.05, 0.1) is 61.9 Å². The molecule has 2 aromatic heterocycles. The number of hydrogen-bond donors (Lipinski definition) is 4. The summed E-state index contributed by atoms with van der Waals surface area (Å²) in [6, 6.07) is 7.48. The highest BCUT2D eigenvalue weighted by Crippen LogP contribution is 2.39. The van der Waals surface area contributed by atoms with E-state index < -0.39 is 24.6 Å². The number of thiazole rings is 1. The molecule has 4 unspecified atom stereocenters. The van der Waals surface area contributed by atoms with E-state index in [1.54, 1.807) is 69.4 Å². The Kier molecular flexibility index (Phi) is 36.6. The van der Waals surface area contributed by atoms with Crippen molar-refractivity contribution in [3.63, 3.8) is 0 Å². The molecular weight excluding hydrogens is 1090 g/mol. The number of aliphatic carboxylic acids is 1. The summed E-state index contributed by atoms with van der Waals surface area (Å²) in [5.74, 6) is -0.463. The number of aromatic nitrogens is 4. The lowest BCUT2D eigenvalue weighted by Crippen LogP contribution is -2.55. The smallest absolute Gasteiger partial charge is 0.306 e. The van der Waals surface area contributed by atoms with Crippen LogP contribution in [0, 0.1) is 30.6 Å². The number of likely N-dealkylation sites (tertiary alicyclic amines) is 1. The number of ether oxygens (including phenoxy) is 3. The van der Waals surface area contributed by atoms with Crippen molar-refractivity contribution in [3.05, 3.63) is 101 Å². The molecule has 1 aliphatic rings. The monoisotopic (exact) mass is 1200 g/mol. The van der Waals surface area contributed by atoms with Gasteiger partial charge in [0.15, 0.2) is 18.7 Å². The van der Waals surface area contributed by atoms with Crippen molar-refractivity contribution in [3.8, 4) is 10.4 Å². The molecule has 4 N–H and O–H groups in total. The molecule has 84 heavy (non-hydrogen) atoms. The summed E-state index contributed by atoms with van der Waals surface area (Å²) >= 11 is 1.63. The third kappa shape index (κ3) is 28.7. The van der Waals surface area contributed by atoms with Crippen LogP contribution >= 0.6 is 11.3 Å². The minimum Gasteiger partial charge on any atom is -0.481 e. The second-order valence-electron chi connectivity index (χ2n) is 23.6. The molecule has 3 heterocycles. The first-order valence-electron chi connectivity index (χ1n) is 28.6. The van der Waals surface area contributed by atoms with Crippen molar-refractivity contribution in [2.24, 2.45) is 16.7 Å². The van der Waals surface area contributed by atoms with E-state index in [0.29, 0.717) is 57.2 Å². The lowest BCUT2D eigenvalue weighted by molar-refractivity contribution is -0.893. The minimum atomic E-state index is -1.63. The summed E-state index contributed by atoms with van der Waals surface area (Å²) in [6.07, 6.45) is 10.5. The molecule has 472 valence electrons. The maximum absolute atomic E-state index is 13.1. The quantitative estimate of drug-likeness (QED) is 0.0132. The number of alkyl halides is 1. The van der Waals surface area contributed by atoms with Crippen molar-refractivity contribution in [2.45, 2.75) is 159 Å². The fraction of sp³-hybridized carbons (Fsp3) is 0.603. The molecule has 0 aliphatic carbocycles. The number of quaternary nitrogens is 1. The van der Waals surface area contributed by atoms with E-state index in [4.69, 9.17) is 19.3 Å². The highest BCUT2D eigenvalue weighted by molar-refractivity contribution is 7.13. The van der Waals surface area contributed by atoms with Gasteiger partial charge in [0.25, 0.3) is 5.91 Å². The number of hydrogen-bond acceptors (Lipinski definition) is 14. The summed E-state index contributed by atoms with van der Waals surface area (Å²) in [6.45, 7) is 37.0. The summed E-state index contributed by atoms with van der Waals surface area (Å²) in [5.41, 5.74) is 5.62. The average Bonchev–Trinajstić information content (AvgIpc) is 4.26. The lowest BCUT2D eigenvalue weighted by Gasteiger charge is -2.44. The zero-order chi connectivity index (χ0) is 64.4. The fourth-order valence-corrected chi connectivity index (χ4v) is 9.07. The van der Waals surface area contributed by atoms with Crippen LogP contribution in [0.25, 0.3) is 10.4 Å². The molecule has 0 bridgehead atoms. The number of aryl methyl sites for hydroxylation is 2. The van der Waals surface area contributed by atoms with E-state index in [0.717, 1.165) is 69.9 Å². The molecule has 1 fully saturated rings. The molecule has 1 aromatic carbocycles. The number of likely N-dealkylation sites (N-methyl/N-ethyl adjacent to an activating group) is 2. The van der Waals surface area contributed by atoms with E-state index in [-0.39, 0.29) is 52.6 Å². The number of nitrogens with zero attached hydrogens (tertiary/aromatic N) is 6. The van der Waals surface area contributed by atoms with Gasteiger partial charge in [-0.25, -0.2) is 14.4 Å². The second-order valence-corrected chi connectivity index (χ2v) is 24.5. The van der Waals surface area contributed by atoms with Gasteiger partial charge < -0.3 is 44.1 Å². The molecule has 1 saturated heterocycles. The van der Waals surface area contributed by atoms with Crippen LogP contribution in [0.2, 0.25) is 0 Å². The highest BCUT2D eigenvalue weighted by atomic mass is 32.1. The number of carbonyl (C=O) groups is 6. The molecule has 3 aromatic rings. The van der Waals surface area contributed by atoms with Crippen molar-refractivity contribution in [1.82, 2.24) is 40.6 Å². The van der Waals surface area contributed by atoms with Crippen LogP contribution in [0.5, 0.6) is 0 Å². The molecule has 19 nitrogen and oxygen atoms in total. The molecule has 4 amide bonds. The number of aromatic amines is 1. The number of methoxy groups -OCH3 is 1. The maximum Gasteiger partial charge on any atom is 0.306 e. The van der Waals surface area contributed by atoms with Gasteiger partial charge in [-0.05, 0) is 102 Å². The number of carboxylic acids is 1. The SMILES string of the molecule is C=C/C=C\C(C)=C(/C=C)C(=O)N(C=O)CC.CCCC(C)(COCC=O)C(C)(C)OC[N+](C)(C)C.CNC(C(=O)N1CCCC1C(=O)NCc1ccc(-c2scnc2C)cc1)C(C)(C)C.COCCC(C)C.Cc1nc(C(F)CC(=O)O)n[nH]1. The van der Waals surface area contributed by atoms with Gasteiger partial charge in [-0.3, -0.25) is 34.0 Å². The number of halogens is 1. The molecular formula is C63H103FN9O10S+. The zero-order valence-electron chi connectivity index (χ0n) is 53.9. The topological polar surface area (TPSA) is 235 Å². The Morgan fingerprint density at radius 3 is 2.13 bits per heavy atom. The Hall–Kier alpha value is -6.10. The molecule has 4 rings (SSSR count). The number of amides is 4. The first-order chi connectivity index (χ1) is 39.3. The van der Waals surface area contributed by atoms with Gasteiger partial charge >= 0.3 is 5.97 Å². The van der Waals surface area contributed by atoms with E-state index in [9.17, 15) is 33.2 Å². The molecule has 21 heteroatoms. The largest absolute Gasteiger partial charge is 0.481 e. The van der Waals surface area contributed by atoms with Crippen LogP contribution in [-0.4, -0.2) is 169 Å². The van der Waals surface area contributed by atoms with Gasteiger partial charge in [-0.1, -0.05) is 117 Å². The molecule has 0 saturated carbocycles. The third-order valence-electron chi connectivity index (χ3n) is 13.6. The number of carboxylic acid groups (broad SMARTS) is 1. The van der Waals surface area contributed by atoms with E-state index in [2.05, 4.69) is 119 Å². The fourth-order valence-electron chi connectivity index (χ4n) is 8.25. The van der Waals surface area contributed by atoms with E-state index in [1.807, 2.05) is 45.3 Å². The van der Waals surface area contributed by atoms with Crippen LogP contribution < -0.4 is 10.6 Å². The van der Waals surface area contributed by atoms with Crippen LogP contribution in [0.4, 0.5) is 4.39 Å². The minimum absolute atomic E-state index is 0.00642. The predicted octanol–water partition coefficient (Wildman–Crippen LogP) is 10.3. The van der Waals surface area contributed by atoms with Gasteiger partial charge in [-0.15, -0.1) is 11.3 Å². The van der Waals surface area contributed by atoms with Gasteiger partial charge in [0.1, 0.15) is 24.8 Å². The van der Waals surface area contributed by atoms with E-state index in [1.165, 1.54) is 17.4 Å². The Bertz CT molecular complexity index is 2530. The van der Waals surface area contributed by atoms with Crippen molar-refractivity contribution >= 4 is 47.7 Å². The highest BCUT2D eigenvalue weighted by Gasteiger charge is 2.43. The molecule has 1 aliphatic heterocycles. The van der Waals surface area contributed by atoms with E-state index >= 15 is 0 Å². The second kappa shape index (κ2) is 39.5. The number of rotatable bonds is 28. The Labute approximate surface area is 505 Å². The summed E-state index contributed by atoms with van der Waals surface area (Å²) in [7, 11) is 9.86. The Morgan fingerprint density at radius 1 is 1.05 bits per heavy atom. The van der Waals surface area contributed by atoms with Crippen LogP contribution in [-0.2, 0) is 49.5 Å². The van der Waals surface area contributed by atoms with Gasteiger partial charge in [0.2, 0.25) is 18.2 Å². The normalized spacial score (nSPS) is 15.0. The van der Waals surface area contributed by atoms with Gasteiger partial charge in [0, 0.05) is 44.3 Å². The first-order valence-corrected chi connectivity index (χ1v) is 29.5. The van der Waals surface area contributed by atoms with Crippen molar-refractivity contribution in [2.75, 3.05) is 74.9 Å². The molecule has 0 spiro atoms. The number of imide groups is 1. The number of aldehydes is 1. The van der Waals surface area contributed by atoms with Crippen LogP contribution in [0.15, 0.2) is 78.4 Å². The molecule has 0 radical (unpaired) electrons. The third-order valence-corrected chi connectivity index (χ3v) is 14.5. The lowest BCUT2D eigenvalue weighted by atomic mass is 9.72. The maximum atomic E-state index is 13.1. The Morgan fingerprint density at radius 2 is 1.69 bits per heavy atom. The first kappa shape index (κ1) is 77.9. The van der Waals surface area contributed by atoms with Crippen LogP contribution in [0.3, 0.4) is 0 Å². The number of allylic oxidation sites excluding steroid dienone is 4. The van der Waals surface area contributed by atoms with Crippen molar-refractivity contribution < 1.29 is 57.0 Å². The summed E-state index contributed by atoms with van der Waals surface area (Å²) < 4.78 is 30.1. The standard InChI is InChI=1S/C23H32N4O2S.C15H32NO3.C13H17NO2.C6H8FN3O2.C6H14O/c1-15-19(30-14-26-15)17-10-8-16(9-11-17)13-25-21(28)18-7-6-12-27(18)22(29)20(24-5)23(2,3)4;1-8-9-15(4,12-18-11-10-17)14(2,3)19-13-16(5,6)7;1-5-8-9-11(4)12(6-2)13(16)14(7-3)10-15;1-3-8-6(10-9-3)4(7)2-5(11)12;1-6(2)4-5-7-3/h8-11,14,18,20,24H,6-7,12-13H2,1-5H3,(H,25,28);10H,8-9,11-13H2,1-7H3;5-6,8-10H,1-2,7H2,3-4H3;4H,2H2,1H3,(H,11,12)(H,8,9,10);6H,4-5H2,1-3H3/q;+1;;;/b;;9-8-,12-11+;;. The average molecular weight is 1200 g/mol. The van der Waals surface area contributed by atoms with Crippen LogP contribution in [0.1, 0.15) is 144 Å². The summed E-state index contributed by atoms with van der Waals surface area (Å²) in [4.78, 5) is 80.9. The number of benzene rings is 1. The zero-order valence-corrected chi connectivity index (χ0v) is 54.7. The van der Waals surface area contributed by atoms with Crippen molar-refractivity contribution in [1.29, 1.82) is 0 Å².